The third-order valence-corrected chi connectivity index (χ3v) is 4.65. The number of sulfonamides is 1. The number of hydrogen-bond donors (Lipinski definition) is 1. The largest absolute Gasteiger partial charge is 0.339 e. The van der Waals surface area contributed by atoms with Crippen molar-refractivity contribution in [2.75, 3.05) is 5.32 Å². The molecule has 102 valence electrons. The molecule has 0 radical (unpaired) electrons. The highest BCUT2D eigenvalue weighted by Crippen LogP contribution is 2.26. The molecule has 0 spiro atoms. The first-order valence-corrected chi connectivity index (χ1v) is 7.94. The molecule has 20 heavy (non-hydrogen) atoms. The molecule has 3 rings (SSSR count). The van der Waals surface area contributed by atoms with Crippen LogP contribution in [-0.2, 0) is 15.9 Å². The van der Waals surface area contributed by atoms with Crippen LogP contribution in [0.5, 0.6) is 0 Å². The summed E-state index contributed by atoms with van der Waals surface area (Å²) < 4.78 is 27.6. The molecule has 1 heterocycles. The molecule has 0 bridgehead atoms. The van der Waals surface area contributed by atoms with E-state index in [2.05, 4.69) is 9.71 Å². The Morgan fingerprint density at radius 2 is 1.75 bits per heavy atom. The Hall–Kier alpha value is -1.85. The first-order valence-electron chi connectivity index (χ1n) is 5.96. The van der Waals surface area contributed by atoms with Crippen LogP contribution in [0.4, 0.5) is 5.69 Å². The molecular weight excluding hydrogens is 296 g/mol. The van der Waals surface area contributed by atoms with Crippen molar-refractivity contribution in [3.05, 3.63) is 59.7 Å². The van der Waals surface area contributed by atoms with Crippen molar-refractivity contribution in [2.45, 2.75) is 10.8 Å². The predicted molar refractivity (Wildman–Crippen MR) is 79.8 cm³/mol. The van der Waals surface area contributed by atoms with Crippen LogP contribution in [0.2, 0.25) is 0 Å². The Balaban J connectivity index is 1.95. The van der Waals surface area contributed by atoms with E-state index in [0.29, 0.717) is 17.3 Å². The Bertz CT molecular complexity index is 783. The van der Waals surface area contributed by atoms with Crippen LogP contribution in [0.15, 0.2) is 57.8 Å². The molecule has 2 aromatic carbocycles. The monoisotopic (exact) mass is 306 g/mol. The van der Waals surface area contributed by atoms with Crippen molar-refractivity contribution >= 4 is 33.1 Å². The van der Waals surface area contributed by atoms with Gasteiger partial charge in [0.2, 0.25) is 0 Å². The maximum Gasteiger partial charge on any atom is 0.285 e. The highest BCUT2D eigenvalue weighted by Gasteiger charge is 2.28. The summed E-state index contributed by atoms with van der Waals surface area (Å²) in [5.74, 6) is 0.789. The van der Waals surface area contributed by atoms with E-state index in [1.54, 1.807) is 24.3 Å². The van der Waals surface area contributed by atoms with Gasteiger partial charge in [0, 0.05) is 17.1 Å². The van der Waals surface area contributed by atoms with Crippen LogP contribution >= 0.6 is 11.6 Å². The molecule has 2 aromatic rings. The van der Waals surface area contributed by atoms with Gasteiger partial charge in [0.25, 0.3) is 10.0 Å². The SMILES string of the molecule is O=S1(=O)N=C(Nc2ccc(CCl)cc2)c2ccccc21. The first-order chi connectivity index (χ1) is 9.60. The van der Waals surface area contributed by atoms with Crippen LogP contribution in [0.3, 0.4) is 0 Å². The number of halogens is 1. The molecule has 0 saturated carbocycles. The predicted octanol–water partition coefficient (Wildman–Crippen LogP) is 2.99. The van der Waals surface area contributed by atoms with E-state index in [0.717, 1.165) is 11.3 Å². The smallest absolute Gasteiger partial charge is 0.285 e. The lowest BCUT2D eigenvalue weighted by Gasteiger charge is -2.06. The molecule has 4 nitrogen and oxygen atoms in total. The number of alkyl halides is 1. The van der Waals surface area contributed by atoms with Crippen LogP contribution in [0, 0.1) is 0 Å². The van der Waals surface area contributed by atoms with Gasteiger partial charge < -0.3 is 5.32 Å². The van der Waals surface area contributed by atoms with E-state index in [-0.39, 0.29) is 4.90 Å². The fourth-order valence-corrected chi connectivity index (χ4v) is 3.36. The summed E-state index contributed by atoms with van der Waals surface area (Å²) in [4.78, 5) is 0.236. The average Bonchev–Trinajstić information content (AvgIpc) is 2.72. The summed E-state index contributed by atoms with van der Waals surface area (Å²) in [6.45, 7) is 0. The van der Waals surface area contributed by atoms with Gasteiger partial charge >= 0.3 is 0 Å². The van der Waals surface area contributed by atoms with E-state index < -0.39 is 10.0 Å². The lowest BCUT2D eigenvalue weighted by atomic mass is 10.2. The topological polar surface area (TPSA) is 58.5 Å². The van der Waals surface area contributed by atoms with Crippen molar-refractivity contribution in [1.29, 1.82) is 0 Å². The van der Waals surface area contributed by atoms with E-state index in [9.17, 15) is 8.42 Å². The van der Waals surface area contributed by atoms with E-state index >= 15 is 0 Å². The molecule has 6 heteroatoms. The maximum absolute atomic E-state index is 11.9. The average molecular weight is 307 g/mol. The number of anilines is 1. The normalized spacial score (nSPS) is 15.6. The van der Waals surface area contributed by atoms with Crippen molar-refractivity contribution in [3.63, 3.8) is 0 Å². The van der Waals surface area contributed by atoms with Gasteiger partial charge in [-0.05, 0) is 29.8 Å². The maximum atomic E-state index is 11.9. The molecule has 0 aromatic heterocycles. The van der Waals surface area contributed by atoms with Gasteiger partial charge in [-0.15, -0.1) is 16.0 Å². The van der Waals surface area contributed by atoms with E-state index in [1.807, 2.05) is 24.3 Å². The molecule has 1 aliphatic rings. The summed E-state index contributed by atoms with van der Waals surface area (Å²) in [7, 11) is -3.58. The molecule has 0 atom stereocenters. The minimum Gasteiger partial charge on any atom is -0.339 e. The molecule has 0 saturated heterocycles. The van der Waals surface area contributed by atoms with Gasteiger partial charge in [0.05, 0.1) is 0 Å². The second-order valence-corrected chi connectivity index (χ2v) is 6.21. The van der Waals surface area contributed by atoms with Crippen LogP contribution in [0.1, 0.15) is 11.1 Å². The fraction of sp³-hybridized carbons (Fsp3) is 0.0714. The van der Waals surface area contributed by atoms with Crippen LogP contribution in [0.25, 0.3) is 0 Å². The zero-order valence-electron chi connectivity index (χ0n) is 10.4. The zero-order valence-corrected chi connectivity index (χ0v) is 11.9. The number of benzene rings is 2. The summed E-state index contributed by atoms with van der Waals surface area (Å²) in [6, 6.07) is 14.2. The Labute approximate surface area is 122 Å². The Morgan fingerprint density at radius 1 is 1.05 bits per heavy atom. The number of amidine groups is 1. The third kappa shape index (κ3) is 2.30. The minimum atomic E-state index is -3.58. The molecule has 0 amide bonds. The van der Waals surface area contributed by atoms with Gasteiger partial charge in [-0.1, -0.05) is 24.3 Å². The Kier molecular flexibility index (Phi) is 3.23. The second-order valence-electron chi connectivity index (χ2n) is 4.37. The lowest BCUT2D eigenvalue weighted by Crippen LogP contribution is -2.11. The number of nitrogens with one attached hydrogen (secondary N) is 1. The molecular formula is C14H11ClN2O2S. The van der Waals surface area contributed by atoms with Crippen LogP contribution in [-0.4, -0.2) is 14.3 Å². The lowest BCUT2D eigenvalue weighted by molar-refractivity contribution is 0.599. The van der Waals surface area contributed by atoms with Crippen molar-refractivity contribution in [3.8, 4) is 0 Å². The van der Waals surface area contributed by atoms with Gasteiger partial charge in [0.1, 0.15) is 4.90 Å². The van der Waals surface area contributed by atoms with E-state index in [1.165, 1.54) is 0 Å². The third-order valence-electron chi connectivity index (χ3n) is 3.00. The fourth-order valence-electron chi connectivity index (χ4n) is 2.01. The molecule has 0 aliphatic carbocycles. The van der Waals surface area contributed by atoms with E-state index in [4.69, 9.17) is 11.6 Å². The summed E-state index contributed by atoms with van der Waals surface area (Å²) in [5, 5.41) is 3.03. The summed E-state index contributed by atoms with van der Waals surface area (Å²) in [5.41, 5.74) is 2.36. The van der Waals surface area contributed by atoms with Gasteiger partial charge in [-0.3, -0.25) is 0 Å². The van der Waals surface area contributed by atoms with Gasteiger partial charge in [-0.2, -0.15) is 8.42 Å². The standard InChI is InChI=1S/C14H11ClN2O2S/c15-9-10-5-7-11(8-6-10)16-14-12-3-1-2-4-13(12)20(18,19)17-14/h1-8H,9H2,(H,16,17). The van der Waals surface area contributed by atoms with Crippen molar-refractivity contribution < 1.29 is 8.42 Å². The number of nitrogens with zero attached hydrogens (tertiary/aromatic N) is 1. The zero-order chi connectivity index (χ0) is 14.2. The minimum absolute atomic E-state index is 0.236. The number of hydrogen-bond acceptors (Lipinski definition) is 3. The molecule has 0 unspecified atom stereocenters. The number of fused-ring (bicyclic) bond motifs is 1. The Morgan fingerprint density at radius 3 is 2.45 bits per heavy atom. The molecule has 0 fully saturated rings. The van der Waals surface area contributed by atoms with Crippen molar-refractivity contribution in [2.24, 2.45) is 4.40 Å². The van der Waals surface area contributed by atoms with Crippen molar-refractivity contribution in [1.82, 2.24) is 0 Å². The van der Waals surface area contributed by atoms with Gasteiger partial charge in [-0.25, -0.2) is 0 Å². The first kappa shape index (κ1) is 13.1. The highest BCUT2D eigenvalue weighted by molar-refractivity contribution is 7.90. The molecule has 1 N–H and O–H groups in total. The van der Waals surface area contributed by atoms with Crippen LogP contribution < -0.4 is 5.32 Å². The summed E-state index contributed by atoms with van der Waals surface area (Å²) >= 11 is 5.73. The highest BCUT2D eigenvalue weighted by atomic mass is 35.5. The van der Waals surface area contributed by atoms with Gasteiger partial charge in [0.15, 0.2) is 5.84 Å². The second kappa shape index (κ2) is 4.92. The quantitative estimate of drug-likeness (QED) is 0.868. The molecule has 1 aliphatic heterocycles. The number of rotatable bonds is 2. The summed E-state index contributed by atoms with van der Waals surface area (Å²) in [6.07, 6.45) is 0.